The standard InChI is InChI=1S/C23H28N4O4/c1-13-11-27(20-18(28)12-31-21(13)20)23(30)19(14-5-3-2-4-6-14)25-22(29)15-7-8-16-10-24-26-17(16)9-15/h7-10,13-14,19-21H,2-6,11-12H2,1H3,(H,24,26)(H,25,29)/t13-,19-,20+,21+/m0/s1. The van der Waals surface area contributed by atoms with E-state index < -0.39 is 12.1 Å². The highest BCUT2D eigenvalue weighted by Crippen LogP contribution is 2.34. The Labute approximate surface area is 180 Å². The third-order valence-corrected chi connectivity index (χ3v) is 7.10. The van der Waals surface area contributed by atoms with Gasteiger partial charge in [-0.15, -0.1) is 0 Å². The van der Waals surface area contributed by atoms with E-state index in [1.54, 1.807) is 23.2 Å². The number of nitrogens with one attached hydrogen (secondary N) is 2. The van der Waals surface area contributed by atoms with Gasteiger partial charge in [0.25, 0.3) is 5.91 Å². The first kappa shape index (κ1) is 20.2. The average Bonchev–Trinajstić information content (AvgIpc) is 3.49. The zero-order valence-electron chi connectivity index (χ0n) is 17.7. The van der Waals surface area contributed by atoms with Crippen LogP contribution in [0, 0.1) is 11.8 Å². The van der Waals surface area contributed by atoms with E-state index in [0.717, 1.165) is 43.0 Å². The SMILES string of the molecule is C[C@H]1CN(C(=O)[C@@H](NC(=O)c2ccc3cn[nH]c3c2)C2CCCCC2)[C@@H]2C(=O)CO[C@@H]21. The first-order valence-corrected chi connectivity index (χ1v) is 11.2. The van der Waals surface area contributed by atoms with Crippen LogP contribution in [-0.2, 0) is 14.3 Å². The molecule has 2 N–H and O–H groups in total. The summed E-state index contributed by atoms with van der Waals surface area (Å²) >= 11 is 0. The summed E-state index contributed by atoms with van der Waals surface area (Å²) in [5.41, 5.74) is 1.26. The number of amides is 2. The van der Waals surface area contributed by atoms with Crippen LogP contribution in [0.4, 0.5) is 0 Å². The highest BCUT2D eigenvalue weighted by Gasteiger charge is 2.52. The van der Waals surface area contributed by atoms with Gasteiger partial charge in [-0.3, -0.25) is 19.5 Å². The predicted molar refractivity (Wildman–Crippen MR) is 113 cm³/mol. The topological polar surface area (TPSA) is 104 Å². The van der Waals surface area contributed by atoms with Gasteiger partial charge >= 0.3 is 0 Å². The van der Waals surface area contributed by atoms with E-state index in [1.165, 1.54) is 0 Å². The van der Waals surface area contributed by atoms with Crippen LogP contribution < -0.4 is 5.32 Å². The molecule has 2 aliphatic heterocycles. The Balaban J connectivity index is 1.40. The summed E-state index contributed by atoms with van der Waals surface area (Å²) in [4.78, 5) is 40.9. The lowest BCUT2D eigenvalue weighted by molar-refractivity contribution is -0.139. The summed E-state index contributed by atoms with van der Waals surface area (Å²) in [6.07, 6.45) is 6.53. The minimum Gasteiger partial charge on any atom is -0.367 e. The van der Waals surface area contributed by atoms with Crippen molar-refractivity contribution in [3.8, 4) is 0 Å². The van der Waals surface area contributed by atoms with Crippen LogP contribution in [0.5, 0.6) is 0 Å². The zero-order valence-corrected chi connectivity index (χ0v) is 17.7. The molecule has 3 heterocycles. The van der Waals surface area contributed by atoms with E-state index >= 15 is 0 Å². The van der Waals surface area contributed by atoms with Crippen molar-refractivity contribution in [3.63, 3.8) is 0 Å². The van der Waals surface area contributed by atoms with Crippen LogP contribution in [0.2, 0.25) is 0 Å². The first-order valence-electron chi connectivity index (χ1n) is 11.2. The van der Waals surface area contributed by atoms with Gasteiger partial charge in [0, 0.05) is 23.4 Å². The predicted octanol–water partition coefficient (Wildman–Crippen LogP) is 2.06. The fraction of sp³-hybridized carbons (Fsp3) is 0.565. The van der Waals surface area contributed by atoms with Gasteiger partial charge in [-0.2, -0.15) is 5.10 Å². The molecule has 164 valence electrons. The van der Waals surface area contributed by atoms with Crippen molar-refractivity contribution >= 4 is 28.5 Å². The number of Topliss-reactive ketones (excluding diaryl/α,β-unsaturated/α-hetero) is 1. The van der Waals surface area contributed by atoms with Crippen LogP contribution in [-0.4, -0.2) is 64.0 Å². The Bertz CT molecular complexity index is 1010. The fourth-order valence-corrected chi connectivity index (χ4v) is 5.45. The number of carbonyl (C=O) groups is 3. The van der Waals surface area contributed by atoms with Crippen LogP contribution in [0.1, 0.15) is 49.4 Å². The third kappa shape index (κ3) is 3.63. The van der Waals surface area contributed by atoms with Crippen LogP contribution in [0.3, 0.4) is 0 Å². The number of ketones is 1. The summed E-state index contributed by atoms with van der Waals surface area (Å²) < 4.78 is 5.65. The molecule has 0 radical (unpaired) electrons. The quantitative estimate of drug-likeness (QED) is 0.782. The number of benzene rings is 1. The molecule has 1 saturated carbocycles. The summed E-state index contributed by atoms with van der Waals surface area (Å²) in [5, 5.41) is 10.8. The number of H-pyrrole nitrogens is 1. The van der Waals surface area contributed by atoms with Crippen molar-refractivity contribution in [1.82, 2.24) is 20.4 Å². The summed E-state index contributed by atoms with van der Waals surface area (Å²) in [6.45, 7) is 2.56. The molecular weight excluding hydrogens is 396 g/mol. The highest BCUT2D eigenvalue weighted by molar-refractivity contribution is 6.01. The Hall–Kier alpha value is -2.74. The molecule has 2 saturated heterocycles. The number of aromatic amines is 1. The van der Waals surface area contributed by atoms with Crippen molar-refractivity contribution in [2.45, 2.75) is 57.2 Å². The van der Waals surface area contributed by atoms with Crippen LogP contribution >= 0.6 is 0 Å². The second kappa shape index (κ2) is 8.07. The van der Waals surface area contributed by atoms with Crippen molar-refractivity contribution in [3.05, 3.63) is 30.0 Å². The maximum absolute atomic E-state index is 13.7. The molecule has 2 aromatic rings. The monoisotopic (exact) mass is 424 g/mol. The van der Waals surface area contributed by atoms with E-state index in [0.29, 0.717) is 12.1 Å². The van der Waals surface area contributed by atoms with Gasteiger partial charge in [0.15, 0.2) is 5.78 Å². The van der Waals surface area contributed by atoms with Crippen molar-refractivity contribution in [2.75, 3.05) is 13.2 Å². The van der Waals surface area contributed by atoms with E-state index in [9.17, 15) is 14.4 Å². The lowest BCUT2D eigenvalue weighted by atomic mass is 9.83. The number of aromatic nitrogens is 2. The molecule has 0 bridgehead atoms. The van der Waals surface area contributed by atoms with Crippen molar-refractivity contribution in [1.29, 1.82) is 0 Å². The molecule has 2 amide bonds. The first-order chi connectivity index (χ1) is 15.0. The molecule has 0 unspecified atom stereocenters. The number of rotatable bonds is 4. The number of hydrogen-bond acceptors (Lipinski definition) is 5. The molecular formula is C23H28N4O4. The number of fused-ring (bicyclic) bond motifs is 2. The largest absolute Gasteiger partial charge is 0.367 e. The molecule has 1 aromatic carbocycles. The third-order valence-electron chi connectivity index (χ3n) is 7.10. The van der Waals surface area contributed by atoms with Gasteiger partial charge in [0.1, 0.15) is 18.7 Å². The summed E-state index contributed by atoms with van der Waals surface area (Å²) in [5.74, 6) is -0.292. The Morgan fingerprint density at radius 2 is 2.06 bits per heavy atom. The number of likely N-dealkylation sites (tertiary alicyclic amines) is 1. The molecule has 4 atom stereocenters. The number of nitrogens with zero attached hydrogens (tertiary/aromatic N) is 2. The molecule has 31 heavy (non-hydrogen) atoms. The zero-order chi connectivity index (χ0) is 21.5. The minimum atomic E-state index is -0.635. The molecule has 0 spiro atoms. The molecule has 5 rings (SSSR count). The van der Waals surface area contributed by atoms with E-state index in [-0.39, 0.29) is 42.1 Å². The van der Waals surface area contributed by atoms with Gasteiger partial charge in [-0.05, 0) is 30.9 Å². The lowest BCUT2D eigenvalue weighted by Gasteiger charge is -2.34. The number of ether oxygens (including phenoxy) is 1. The van der Waals surface area contributed by atoms with Crippen molar-refractivity contribution in [2.24, 2.45) is 11.8 Å². The van der Waals surface area contributed by atoms with Gasteiger partial charge in [-0.25, -0.2) is 0 Å². The molecule has 1 aliphatic carbocycles. The maximum atomic E-state index is 13.7. The van der Waals surface area contributed by atoms with Crippen LogP contribution in [0.25, 0.3) is 10.9 Å². The van der Waals surface area contributed by atoms with Crippen molar-refractivity contribution < 1.29 is 19.1 Å². The summed E-state index contributed by atoms with van der Waals surface area (Å²) in [7, 11) is 0. The van der Waals surface area contributed by atoms with Gasteiger partial charge in [0.05, 0.1) is 17.8 Å². The van der Waals surface area contributed by atoms with E-state index in [2.05, 4.69) is 15.5 Å². The summed E-state index contributed by atoms with van der Waals surface area (Å²) in [6, 6.07) is 4.18. The Morgan fingerprint density at radius 1 is 1.26 bits per heavy atom. The molecule has 8 heteroatoms. The van der Waals surface area contributed by atoms with Gasteiger partial charge < -0.3 is 15.0 Å². The maximum Gasteiger partial charge on any atom is 0.252 e. The van der Waals surface area contributed by atoms with Gasteiger partial charge in [-0.1, -0.05) is 32.3 Å². The number of carbonyl (C=O) groups excluding carboxylic acids is 3. The van der Waals surface area contributed by atoms with Gasteiger partial charge in [0.2, 0.25) is 5.91 Å². The fourth-order valence-electron chi connectivity index (χ4n) is 5.45. The van der Waals surface area contributed by atoms with E-state index in [4.69, 9.17) is 4.74 Å². The second-order valence-electron chi connectivity index (χ2n) is 9.18. The number of hydrogen-bond donors (Lipinski definition) is 2. The molecule has 3 aliphatic rings. The molecule has 3 fully saturated rings. The lowest BCUT2D eigenvalue weighted by Crippen LogP contribution is -2.55. The average molecular weight is 425 g/mol. The minimum absolute atomic E-state index is 0.0406. The highest BCUT2D eigenvalue weighted by atomic mass is 16.5. The molecule has 1 aromatic heterocycles. The normalized spacial score (nSPS) is 27.5. The Kier molecular flexibility index (Phi) is 5.25. The Morgan fingerprint density at radius 3 is 2.87 bits per heavy atom. The van der Waals surface area contributed by atoms with Crippen LogP contribution in [0.15, 0.2) is 24.4 Å². The second-order valence-corrected chi connectivity index (χ2v) is 9.18. The molecule has 8 nitrogen and oxygen atoms in total. The smallest absolute Gasteiger partial charge is 0.252 e. The van der Waals surface area contributed by atoms with E-state index in [1.807, 2.05) is 13.0 Å².